The molecule has 0 heterocycles. The van der Waals surface area contributed by atoms with Crippen LogP contribution >= 0.6 is 0 Å². The Hall–Kier alpha value is -4.24. The van der Waals surface area contributed by atoms with E-state index in [4.69, 9.17) is 19.7 Å². The maximum atomic E-state index is 12.2. The van der Waals surface area contributed by atoms with Crippen LogP contribution in [-0.4, -0.2) is 29.4 Å². The summed E-state index contributed by atoms with van der Waals surface area (Å²) in [5, 5.41) is 9.16. The number of nitrogens with one attached hydrogen (secondary N) is 2. The summed E-state index contributed by atoms with van der Waals surface area (Å²) in [6.07, 6.45) is -1.11. The average Bonchev–Trinajstić information content (AvgIpc) is 2.81. The largest absolute Gasteiger partial charge is 0.461 e. The fraction of sp³-hybridized carbons (Fsp3) is 0.464. The van der Waals surface area contributed by atoms with Crippen molar-refractivity contribution in [2.45, 2.75) is 85.9 Å². The van der Waals surface area contributed by atoms with Gasteiger partial charge in [-0.05, 0) is 98.7 Å². The van der Waals surface area contributed by atoms with Gasteiger partial charge in [0.1, 0.15) is 17.8 Å². The van der Waals surface area contributed by atoms with E-state index >= 15 is 0 Å². The predicted molar refractivity (Wildman–Crippen MR) is 146 cm³/mol. The van der Waals surface area contributed by atoms with Gasteiger partial charge in [-0.1, -0.05) is 23.3 Å². The molecule has 0 aromatic heterocycles. The molecule has 11 heteroatoms. The molecule has 0 fully saturated rings. The zero-order valence-corrected chi connectivity index (χ0v) is 23.6. The summed E-state index contributed by atoms with van der Waals surface area (Å²) in [6.45, 7) is 12.6. The first-order chi connectivity index (χ1) is 18.1. The van der Waals surface area contributed by atoms with E-state index in [2.05, 4.69) is 20.7 Å². The van der Waals surface area contributed by atoms with Gasteiger partial charge in [-0.15, -0.1) is 0 Å². The number of hydrogen-bond acceptors (Lipinski definition) is 7. The van der Waals surface area contributed by atoms with Crippen LogP contribution in [0.25, 0.3) is 21.6 Å². The van der Waals surface area contributed by atoms with Crippen LogP contribution in [0.4, 0.5) is 9.59 Å². The smallest absolute Gasteiger partial charge is 0.407 e. The van der Waals surface area contributed by atoms with Crippen molar-refractivity contribution in [3.63, 3.8) is 0 Å². The molecule has 0 atom stereocenters. The lowest BCUT2D eigenvalue weighted by atomic mass is 9.96. The molecule has 210 valence electrons. The molecule has 0 saturated heterocycles. The quantitative estimate of drug-likeness (QED) is 0.126. The predicted octanol–water partition coefficient (Wildman–Crippen LogP) is 6.28. The summed E-state index contributed by atoms with van der Waals surface area (Å²) in [4.78, 5) is 38.7. The fourth-order valence-electron chi connectivity index (χ4n) is 3.51. The van der Waals surface area contributed by atoms with Gasteiger partial charge in [0.25, 0.3) is 0 Å². The first kappa shape index (κ1) is 31.0. The standard InChI is InChI=1S/C28H37N5O6/c1-18(34)37-17-22-9-21(16-32-33-29)12-24(13-22)23-10-19(14-30-25(35)38-27(2,3)4)8-20(11-23)15-31-26(36)39-28(5,6)7/h8-13H,14-17H2,1-7H3,(H,30,35)(H,31,36). The van der Waals surface area contributed by atoms with Gasteiger partial charge >= 0.3 is 18.2 Å². The molecule has 0 aliphatic carbocycles. The summed E-state index contributed by atoms with van der Waals surface area (Å²) >= 11 is 0. The molecular weight excluding hydrogens is 502 g/mol. The van der Waals surface area contributed by atoms with Gasteiger partial charge in [0, 0.05) is 24.9 Å². The number of amides is 2. The first-order valence-electron chi connectivity index (χ1n) is 12.5. The van der Waals surface area contributed by atoms with Crippen molar-refractivity contribution in [3.05, 3.63) is 69.1 Å². The van der Waals surface area contributed by atoms with Crippen LogP contribution < -0.4 is 10.6 Å². The van der Waals surface area contributed by atoms with Gasteiger partial charge < -0.3 is 24.8 Å². The monoisotopic (exact) mass is 539 g/mol. The van der Waals surface area contributed by atoms with E-state index in [0.717, 1.165) is 33.4 Å². The summed E-state index contributed by atoms with van der Waals surface area (Å²) < 4.78 is 15.9. The Bertz CT molecular complexity index is 1190. The van der Waals surface area contributed by atoms with E-state index in [9.17, 15) is 14.4 Å². The second-order valence-corrected chi connectivity index (χ2v) is 11.0. The van der Waals surface area contributed by atoms with Gasteiger partial charge in [-0.25, -0.2) is 9.59 Å². The molecule has 0 bridgehead atoms. The average molecular weight is 540 g/mol. The zero-order chi connectivity index (χ0) is 29.2. The Morgan fingerprint density at radius 2 is 1.21 bits per heavy atom. The normalized spacial score (nSPS) is 11.2. The van der Waals surface area contributed by atoms with Crippen LogP contribution in [0.3, 0.4) is 0 Å². The Labute approximate surface area is 228 Å². The minimum absolute atomic E-state index is 0.0549. The molecular formula is C28H37N5O6. The number of carbonyl (C=O) groups excluding carboxylic acids is 3. The second-order valence-electron chi connectivity index (χ2n) is 11.0. The number of benzene rings is 2. The Morgan fingerprint density at radius 3 is 1.64 bits per heavy atom. The molecule has 0 aliphatic heterocycles. The molecule has 2 amide bonds. The second kappa shape index (κ2) is 13.5. The van der Waals surface area contributed by atoms with Crippen LogP contribution in [-0.2, 0) is 45.2 Å². The molecule has 11 nitrogen and oxygen atoms in total. The topological polar surface area (TPSA) is 152 Å². The molecule has 0 spiro atoms. The lowest BCUT2D eigenvalue weighted by Gasteiger charge is -2.20. The van der Waals surface area contributed by atoms with E-state index in [1.807, 2.05) is 30.3 Å². The van der Waals surface area contributed by atoms with Gasteiger partial charge in [-0.3, -0.25) is 4.79 Å². The summed E-state index contributed by atoms with van der Waals surface area (Å²) in [5.41, 5.74) is 12.0. The molecule has 2 rings (SSSR count). The highest BCUT2D eigenvalue weighted by atomic mass is 16.6. The lowest BCUT2D eigenvalue weighted by molar-refractivity contribution is -0.142. The van der Waals surface area contributed by atoms with Crippen LogP contribution in [0, 0.1) is 0 Å². The molecule has 2 N–H and O–H groups in total. The number of esters is 1. The first-order valence-corrected chi connectivity index (χ1v) is 12.5. The lowest BCUT2D eigenvalue weighted by Crippen LogP contribution is -2.32. The summed E-state index contributed by atoms with van der Waals surface area (Å²) in [5.74, 6) is -0.414. The summed E-state index contributed by atoms with van der Waals surface area (Å²) in [6, 6.07) is 11.2. The highest BCUT2D eigenvalue weighted by molar-refractivity contribution is 5.70. The molecule has 0 saturated carbocycles. The number of alkyl carbamates (subject to hydrolysis) is 2. The third-order valence-corrected chi connectivity index (χ3v) is 4.87. The third kappa shape index (κ3) is 12.2. The van der Waals surface area contributed by atoms with Crippen molar-refractivity contribution >= 4 is 18.2 Å². The number of ether oxygens (including phenoxy) is 3. The molecule has 0 aliphatic rings. The van der Waals surface area contributed by atoms with Gasteiger partial charge in [-0.2, -0.15) is 0 Å². The van der Waals surface area contributed by atoms with E-state index < -0.39 is 29.4 Å². The van der Waals surface area contributed by atoms with Crippen LogP contribution in [0.15, 0.2) is 41.5 Å². The highest BCUT2D eigenvalue weighted by Crippen LogP contribution is 2.27. The van der Waals surface area contributed by atoms with Crippen molar-refractivity contribution in [3.8, 4) is 11.1 Å². The molecule has 0 radical (unpaired) electrons. The number of nitrogens with zero attached hydrogens (tertiary/aromatic N) is 3. The summed E-state index contributed by atoms with van der Waals surface area (Å²) in [7, 11) is 0. The van der Waals surface area contributed by atoms with Gasteiger partial charge in [0.05, 0.1) is 6.54 Å². The highest BCUT2D eigenvalue weighted by Gasteiger charge is 2.18. The van der Waals surface area contributed by atoms with Crippen molar-refractivity contribution in [1.29, 1.82) is 0 Å². The minimum atomic E-state index is -0.640. The van der Waals surface area contributed by atoms with E-state index in [1.54, 1.807) is 47.6 Å². The van der Waals surface area contributed by atoms with Gasteiger partial charge in [0.15, 0.2) is 0 Å². The Morgan fingerprint density at radius 1 is 0.769 bits per heavy atom. The van der Waals surface area contributed by atoms with Crippen molar-refractivity contribution in [2.24, 2.45) is 5.11 Å². The molecule has 0 unspecified atom stereocenters. The van der Waals surface area contributed by atoms with E-state index in [-0.39, 0.29) is 26.2 Å². The van der Waals surface area contributed by atoms with Gasteiger partial charge in [0.2, 0.25) is 0 Å². The van der Waals surface area contributed by atoms with E-state index in [1.165, 1.54) is 6.92 Å². The number of hydrogen-bond donors (Lipinski definition) is 2. The Kier molecular flexibility index (Phi) is 10.7. The van der Waals surface area contributed by atoms with Crippen molar-refractivity contribution in [2.75, 3.05) is 0 Å². The molecule has 39 heavy (non-hydrogen) atoms. The number of azide groups is 1. The van der Waals surface area contributed by atoms with Crippen LogP contribution in [0.5, 0.6) is 0 Å². The maximum Gasteiger partial charge on any atom is 0.407 e. The number of rotatable bonds is 9. The van der Waals surface area contributed by atoms with Crippen molar-refractivity contribution in [1.82, 2.24) is 10.6 Å². The fourth-order valence-corrected chi connectivity index (χ4v) is 3.51. The molecule has 2 aromatic carbocycles. The number of carbonyl (C=O) groups is 3. The maximum absolute atomic E-state index is 12.2. The third-order valence-electron chi connectivity index (χ3n) is 4.87. The van der Waals surface area contributed by atoms with Crippen molar-refractivity contribution < 1.29 is 28.6 Å². The Balaban J connectivity index is 2.44. The van der Waals surface area contributed by atoms with Crippen LogP contribution in [0.1, 0.15) is 70.7 Å². The molecule has 2 aromatic rings. The van der Waals surface area contributed by atoms with Crippen LogP contribution in [0.2, 0.25) is 0 Å². The minimum Gasteiger partial charge on any atom is -0.461 e. The SMILES string of the molecule is CC(=O)OCc1cc(CN=[N+]=[N-])cc(-c2cc(CNC(=O)OC(C)(C)C)cc(CNC(=O)OC(C)(C)C)c2)c1. The zero-order valence-electron chi connectivity index (χ0n) is 23.6. The van der Waals surface area contributed by atoms with E-state index in [0.29, 0.717) is 0 Å².